The summed E-state index contributed by atoms with van der Waals surface area (Å²) in [7, 11) is -5.17. The molecule has 0 aliphatic rings. The van der Waals surface area contributed by atoms with Crippen LogP contribution in [0, 0.1) is 0 Å². The molecule has 29 heavy (non-hydrogen) atoms. The van der Waals surface area contributed by atoms with Gasteiger partial charge in [-0.3, -0.25) is 4.55 Å². The van der Waals surface area contributed by atoms with Gasteiger partial charge in [-0.15, -0.1) is 0 Å². The highest BCUT2D eigenvalue weighted by molar-refractivity contribution is 7.87. The van der Waals surface area contributed by atoms with Gasteiger partial charge in [0.15, 0.2) is 4.75 Å². The van der Waals surface area contributed by atoms with Gasteiger partial charge >= 0.3 is 0 Å². The summed E-state index contributed by atoms with van der Waals surface area (Å²) in [5.74, 6) is -0.929. The van der Waals surface area contributed by atoms with Gasteiger partial charge in [-0.2, -0.15) is 8.42 Å². The quantitative estimate of drug-likeness (QED) is 0.239. The summed E-state index contributed by atoms with van der Waals surface area (Å²) in [6.45, 7) is 0. The number of phenols is 2. The van der Waals surface area contributed by atoms with E-state index in [2.05, 4.69) is 0 Å². The van der Waals surface area contributed by atoms with Gasteiger partial charge in [0.05, 0.1) is 0 Å². The minimum atomic E-state index is -5.17. The van der Waals surface area contributed by atoms with Crippen molar-refractivity contribution in [2.75, 3.05) is 0 Å². The van der Waals surface area contributed by atoms with Crippen LogP contribution in [-0.4, -0.2) is 23.2 Å². The van der Waals surface area contributed by atoms with Crippen LogP contribution in [-0.2, 0) is 14.9 Å². The largest absolute Gasteiger partial charge is 0.508 e. The zero-order valence-corrected chi connectivity index (χ0v) is 18.1. The van der Waals surface area contributed by atoms with Gasteiger partial charge in [-0.1, -0.05) is 64.6 Å². The molecule has 10 heteroatoms. The van der Waals surface area contributed by atoms with E-state index in [1.54, 1.807) is 6.07 Å². The first-order valence-corrected chi connectivity index (χ1v) is 10.8. The molecule has 0 aromatic heterocycles. The maximum Gasteiger partial charge on any atom is 0.283 e. The molecule has 0 fully saturated rings. The number of hydrogen-bond donors (Lipinski definition) is 3. The third-order valence-electron chi connectivity index (χ3n) is 4.36. The molecule has 3 aromatic carbocycles. The molecular formula is C19H12Cl4O5S. The number of halogens is 4. The van der Waals surface area contributed by atoms with Crippen molar-refractivity contribution in [3.8, 4) is 11.5 Å². The van der Waals surface area contributed by atoms with Crippen LogP contribution in [0.4, 0.5) is 0 Å². The molecule has 0 saturated carbocycles. The standard InChI is InChI=1S/C19H12Cl4O5S/c20-10-7-15(22)18(16(23)8-10)19(29(26,27)28,12-3-1-2-4-14(12)21)13-9-11(24)5-6-17(13)25/h1-9,24-25H,(H,26,27,28). The number of aromatic hydroxyl groups is 2. The van der Waals surface area contributed by atoms with E-state index < -0.39 is 26.2 Å². The zero-order valence-electron chi connectivity index (χ0n) is 14.3. The van der Waals surface area contributed by atoms with E-state index in [1.807, 2.05) is 0 Å². The molecule has 3 aromatic rings. The van der Waals surface area contributed by atoms with Crippen molar-refractivity contribution < 1.29 is 23.2 Å². The monoisotopic (exact) mass is 492 g/mol. The fraction of sp³-hybridized carbons (Fsp3) is 0.0526. The smallest absolute Gasteiger partial charge is 0.283 e. The van der Waals surface area contributed by atoms with E-state index in [0.717, 1.165) is 18.2 Å². The maximum absolute atomic E-state index is 13.0. The van der Waals surface area contributed by atoms with Crippen LogP contribution in [0.3, 0.4) is 0 Å². The summed E-state index contributed by atoms with van der Waals surface area (Å²) in [5, 5.41) is 20.2. The number of hydrogen-bond acceptors (Lipinski definition) is 4. The summed E-state index contributed by atoms with van der Waals surface area (Å²) in [6.07, 6.45) is 0. The zero-order chi connectivity index (χ0) is 21.6. The molecule has 1 unspecified atom stereocenters. The molecule has 3 N–H and O–H groups in total. The average molecular weight is 494 g/mol. The SMILES string of the molecule is O=S(=O)(O)C(c1cc(O)ccc1O)(c1ccccc1Cl)c1c(Cl)cc(Cl)cc1Cl. The second-order valence-corrected chi connectivity index (χ2v) is 9.30. The van der Waals surface area contributed by atoms with Gasteiger partial charge in [0, 0.05) is 36.8 Å². The Kier molecular flexibility index (Phi) is 5.98. The summed E-state index contributed by atoms with van der Waals surface area (Å²) >= 11 is 25.0. The van der Waals surface area contributed by atoms with E-state index in [4.69, 9.17) is 46.4 Å². The van der Waals surface area contributed by atoms with Crippen molar-refractivity contribution >= 4 is 56.5 Å². The first-order chi connectivity index (χ1) is 13.5. The van der Waals surface area contributed by atoms with Crippen LogP contribution in [0.2, 0.25) is 20.1 Å². The highest BCUT2D eigenvalue weighted by Crippen LogP contribution is 2.53. The van der Waals surface area contributed by atoms with Crippen LogP contribution >= 0.6 is 46.4 Å². The van der Waals surface area contributed by atoms with E-state index in [0.29, 0.717) is 0 Å². The molecule has 152 valence electrons. The lowest BCUT2D eigenvalue weighted by Crippen LogP contribution is -2.39. The minimum Gasteiger partial charge on any atom is -0.508 e. The second-order valence-electron chi connectivity index (χ2n) is 6.08. The van der Waals surface area contributed by atoms with Crippen molar-refractivity contribution in [3.63, 3.8) is 0 Å². The fourth-order valence-corrected chi connectivity index (χ4v) is 6.17. The normalized spacial score (nSPS) is 13.8. The van der Waals surface area contributed by atoms with Crippen molar-refractivity contribution in [1.82, 2.24) is 0 Å². The number of phenolic OH excluding ortho intramolecular Hbond substituents is 2. The highest BCUT2D eigenvalue weighted by Gasteiger charge is 2.53. The number of rotatable bonds is 4. The van der Waals surface area contributed by atoms with Crippen molar-refractivity contribution in [2.24, 2.45) is 0 Å². The molecule has 0 bridgehead atoms. The number of benzene rings is 3. The predicted octanol–water partition coefficient (Wildman–Crippen LogP) is 5.89. The second kappa shape index (κ2) is 7.87. The van der Waals surface area contributed by atoms with Crippen LogP contribution < -0.4 is 0 Å². The summed E-state index contributed by atoms with van der Waals surface area (Å²) in [6, 6.07) is 11.4. The first-order valence-electron chi connectivity index (χ1n) is 7.89. The van der Waals surface area contributed by atoms with Crippen molar-refractivity contribution in [2.45, 2.75) is 4.75 Å². The van der Waals surface area contributed by atoms with E-state index in [9.17, 15) is 23.2 Å². The Morgan fingerprint density at radius 2 is 1.34 bits per heavy atom. The molecule has 0 amide bonds. The third kappa shape index (κ3) is 3.65. The molecule has 3 rings (SSSR count). The topological polar surface area (TPSA) is 94.8 Å². The Morgan fingerprint density at radius 1 is 0.759 bits per heavy atom. The lowest BCUT2D eigenvalue weighted by molar-refractivity contribution is 0.434. The van der Waals surface area contributed by atoms with Crippen LogP contribution in [0.25, 0.3) is 0 Å². The molecule has 0 aliphatic heterocycles. The molecule has 0 spiro atoms. The predicted molar refractivity (Wildman–Crippen MR) is 114 cm³/mol. The van der Waals surface area contributed by atoms with Crippen molar-refractivity contribution in [1.29, 1.82) is 0 Å². The molecule has 0 radical (unpaired) electrons. The van der Waals surface area contributed by atoms with Crippen molar-refractivity contribution in [3.05, 3.63) is 91.4 Å². The molecule has 5 nitrogen and oxygen atoms in total. The fourth-order valence-electron chi connectivity index (χ4n) is 3.25. The van der Waals surface area contributed by atoms with Gasteiger partial charge in [0.2, 0.25) is 0 Å². The van der Waals surface area contributed by atoms with E-state index in [1.165, 1.54) is 30.3 Å². The molecule has 0 saturated heterocycles. The summed E-state index contributed by atoms with van der Waals surface area (Å²) < 4.78 is 34.0. The first kappa shape index (κ1) is 22.0. The highest BCUT2D eigenvalue weighted by atomic mass is 35.5. The molecule has 0 aliphatic carbocycles. The molecular weight excluding hydrogens is 482 g/mol. The van der Waals surface area contributed by atoms with Gasteiger partial charge in [-0.25, -0.2) is 0 Å². The van der Waals surface area contributed by atoms with E-state index in [-0.39, 0.29) is 37.0 Å². The van der Waals surface area contributed by atoms with Gasteiger partial charge in [0.1, 0.15) is 11.5 Å². The van der Waals surface area contributed by atoms with Gasteiger partial charge in [0.25, 0.3) is 10.1 Å². The summed E-state index contributed by atoms with van der Waals surface area (Å²) in [4.78, 5) is 0. The third-order valence-corrected chi connectivity index (χ3v) is 6.92. The maximum atomic E-state index is 13.0. The Hall–Kier alpha value is -1.67. The Bertz CT molecular complexity index is 1190. The lowest BCUT2D eigenvalue weighted by Gasteiger charge is -2.34. The lowest BCUT2D eigenvalue weighted by atomic mass is 9.83. The van der Waals surface area contributed by atoms with Gasteiger partial charge < -0.3 is 10.2 Å². The van der Waals surface area contributed by atoms with Gasteiger partial charge in [-0.05, 0) is 36.4 Å². The Balaban J connectivity index is 2.68. The van der Waals surface area contributed by atoms with E-state index >= 15 is 0 Å². The molecule has 0 heterocycles. The average Bonchev–Trinajstić information content (AvgIpc) is 2.60. The van der Waals surface area contributed by atoms with Crippen LogP contribution in [0.15, 0.2) is 54.6 Å². The van der Waals surface area contributed by atoms with Crippen LogP contribution in [0.5, 0.6) is 11.5 Å². The molecule has 1 atom stereocenters. The minimum absolute atomic E-state index is 0.0602. The Labute approximate surface area is 186 Å². The Morgan fingerprint density at radius 3 is 1.90 bits per heavy atom. The van der Waals surface area contributed by atoms with Crippen LogP contribution in [0.1, 0.15) is 16.7 Å². The summed E-state index contributed by atoms with van der Waals surface area (Å²) in [5.41, 5.74) is -0.836.